The number of nitrogens with zero attached hydrogens (tertiary/aromatic N) is 4. The highest BCUT2D eigenvalue weighted by atomic mass is 35.5. The van der Waals surface area contributed by atoms with Crippen LogP contribution in [0.1, 0.15) is 12.0 Å². The van der Waals surface area contributed by atoms with Gasteiger partial charge >= 0.3 is 0 Å². The second-order valence-electron chi connectivity index (χ2n) is 7.42. The number of hydrogen-bond donors (Lipinski definition) is 2. The Morgan fingerprint density at radius 3 is 2.77 bits per heavy atom. The molecule has 8 heteroatoms. The maximum absolute atomic E-state index is 12.1. The van der Waals surface area contributed by atoms with Gasteiger partial charge in [-0.1, -0.05) is 23.7 Å². The highest BCUT2D eigenvalue weighted by molar-refractivity contribution is 6.31. The zero-order chi connectivity index (χ0) is 21.6. The van der Waals surface area contributed by atoms with Crippen LogP contribution in [0.4, 0.5) is 5.69 Å². The summed E-state index contributed by atoms with van der Waals surface area (Å²) in [4.78, 5) is 21.1. The van der Waals surface area contributed by atoms with Crippen LogP contribution in [-0.2, 0) is 4.79 Å². The molecule has 7 nitrogen and oxygen atoms in total. The fraction of sp³-hybridized carbons (Fsp3) is 0.261. The standard InChI is InChI=1S/C23H24ClN5O2/c24-18-5-6-19-20(15-18)25-9-7-21(19)29-13-11-28(12-14-29)10-8-23(31)27-26-16-17-3-1-2-4-22(17)30/h1-7,9,15-16,30H,8,10-14H2,(H,27,31)/b26-16+. The van der Waals surface area contributed by atoms with Crippen molar-refractivity contribution in [1.82, 2.24) is 15.3 Å². The van der Waals surface area contributed by atoms with E-state index in [9.17, 15) is 9.90 Å². The van der Waals surface area contributed by atoms with Crippen LogP contribution in [0.5, 0.6) is 5.75 Å². The lowest BCUT2D eigenvalue weighted by atomic mass is 10.1. The number of anilines is 1. The summed E-state index contributed by atoms with van der Waals surface area (Å²) in [7, 11) is 0. The van der Waals surface area contributed by atoms with Gasteiger partial charge in [0.15, 0.2) is 0 Å². The van der Waals surface area contributed by atoms with Gasteiger partial charge in [-0.25, -0.2) is 5.43 Å². The van der Waals surface area contributed by atoms with Crippen LogP contribution < -0.4 is 10.3 Å². The molecule has 1 aliphatic heterocycles. The maximum atomic E-state index is 12.1. The van der Waals surface area contributed by atoms with E-state index < -0.39 is 0 Å². The number of para-hydroxylation sites is 1. The Morgan fingerprint density at radius 2 is 1.97 bits per heavy atom. The molecule has 1 saturated heterocycles. The molecule has 2 aromatic carbocycles. The molecule has 1 amide bonds. The summed E-state index contributed by atoms with van der Waals surface area (Å²) in [5, 5.41) is 15.4. The highest BCUT2D eigenvalue weighted by Gasteiger charge is 2.19. The Bertz CT molecular complexity index is 1100. The van der Waals surface area contributed by atoms with Gasteiger partial charge < -0.3 is 10.0 Å². The summed E-state index contributed by atoms with van der Waals surface area (Å²) in [6.45, 7) is 4.21. The van der Waals surface area contributed by atoms with E-state index in [2.05, 4.69) is 25.3 Å². The smallest absolute Gasteiger partial charge is 0.241 e. The SMILES string of the molecule is O=C(CCN1CCN(c2ccnc3cc(Cl)ccc23)CC1)N/N=C/c1ccccc1O. The minimum atomic E-state index is -0.147. The number of amides is 1. The lowest BCUT2D eigenvalue weighted by Crippen LogP contribution is -2.47. The molecule has 0 atom stereocenters. The number of piperazine rings is 1. The third kappa shape index (κ3) is 5.31. The van der Waals surface area contributed by atoms with Crippen molar-refractivity contribution in [2.24, 2.45) is 5.10 Å². The number of benzene rings is 2. The van der Waals surface area contributed by atoms with Gasteiger partial charge in [0, 0.05) is 67.0 Å². The van der Waals surface area contributed by atoms with Crippen molar-refractivity contribution in [1.29, 1.82) is 0 Å². The van der Waals surface area contributed by atoms with Gasteiger partial charge in [-0.3, -0.25) is 14.7 Å². The van der Waals surface area contributed by atoms with Crippen molar-refractivity contribution in [2.75, 3.05) is 37.6 Å². The Morgan fingerprint density at radius 1 is 1.16 bits per heavy atom. The van der Waals surface area contributed by atoms with Gasteiger partial charge in [-0.2, -0.15) is 5.10 Å². The van der Waals surface area contributed by atoms with Crippen LogP contribution in [0.25, 0.3) is 10.9 Å². The lowest BCUT2D eigenvalue weighted by molar-refractivity contribution is -0.121. The van der Waals surface area contributed by atoms with Crippen LogP contribution in [0.15, 0.2) is 59.8 Å². The van der Waals surface area contributed by atoms with Crippen molar-refractivity contribution in [3.05, 3.63) is 65.3 Å². The molecule has 1 fully saturated rings. The second-order valence-corrected chi connectivity index (χ2v) is 7.86. The first-order valence-corrected chi connectivity index (χ1v) is 10.6. The molecule has 0 radical (unpaired) electrons. The Labute approximate surface area is 185 Å². The molecule has 2 heterocycles. The number of hydrazone groups is 1. The van der Waals surface area contributed by atoms with Gasteiger partial charge in [0.05, 0.1) is 11.7 Å². The van der Waals surface area contributed by atoms with Crippen LogP contribution in [0.3, 0.4) is 0 Å². The Balaban J connectivity index is 1.25. The summed E-state index contributed by atoms with van der Waals surface area (Å²) in [5.41, 5.74) is 5.14. The fourth-order valence-electron chi connectivity index (χ4n) is 3.68. The minimum Gasteiger partial charge on any atom is -0.507 e. The molecule has 4 rings (SSSR count). The van der Waals surface area contributed by atoms with E-state index in [4.69, 9.17) is 11.6 Å². The van der Waals surface area contributed by atoms with Crippen molar-refractivity contribution in [3.8, 4) is 5.75 Å². The zero-order valence-electron chi connectivity index (χ0n) is 17.0. The number of nitrogens with one attached hydrogen (secondary N) is 1. The predicted molar refractivity (Wildman–Crippen MR) is 124 cm³/mol. The number of halogens is 1. The third-order valence-corrected chi connectivity index (χ3v) is 5.61. The van der Waals surface area contributed by atoms with Gasteiger partial charge in [0.2, 0.25) is 5.91 Å². The van der Waals surface area contributed by atoms with Crippen LogP contribution >= 0.6 is 11.6 Å². The minimum absolute atomic E-state index is 0.128. The first kappa shape index (κ1) is 21.1. The maximum Gasteiger partial charge on any atom is 0.241 e. The largest absolute Gasteiger partial charge is 0.507 e. The summed E-state index contributed by atoms with van der Waals surface area (Å²) in [5.74, 6) is -0.0189. The molecule has 1 aromatic heterocycles. The number of phenols is 1. The number of rotatable bonds is 6. The number of aromatic nitrogens is 1. The monoisotopic (exact) mass is 437 g/mol. The molecule has 160 valence electrons. The van der Waals surface area contributed by atoms with Gasteiger partial charge in [0.1, 0.15) is 5.75 Å². The molecule has 1 aliphatic rings. The quantitative estimate of drug-likeness (QED) is 0.457. The molecule has 0 bridgehead atoms. The van der Waals surface area contributed by atoms with Crippen LogP contribution in [-0.4, -0.2) is 59.8 Å². The molecule has 0 saturated carbocycles. The molecule has 31 heavy (non-hydrogen) atoms. The average molecular weight is 438 g/mol. The molecular formula is C23H24ClN5O2. The van der Waals surface area contributed by atoms with E-state index in [1.165, 1.54) is 6.21 Å². The average Bonchev–Trinajstić information content (AvgIpc) is 2.79. The van der Waals surface area contributed by atoms with E-state index in [1.54, 1.807) is 24.3 Å². The predicted octanol–water partition coefficient (Wildman–Crippen LogP) is 3.26. The van der Waals surface area contributed by atoms with Crippen LogP contribution in [0, 0.1) is 0 Å². The number of aromatic hydroxyl groups is 1. The van der Waals surface area contributed by atoms with Crippen molar-refractivity contribution < 1.29 is 9.90 Å². The van der Waals surface area contributed by atoms with Gasteiger partial charge in [-0.15, -0.1) is 0 Å². The van der Waals surface area contributed by atoms with E-state index >= 15 is 0 Å². The Hall–Kier alpha value is -3.16. The number of carbonyl (C=O) groups excluding carboxylic acids is 1. The molecule has 2 N–H and O–H groups in total. The summed E-state index contributed by atoms with van der Waals surface area (Å²) in [6.07, 6.45) is 3.63. The number of phenolic OH excluding ortho intramolecular Hbond substituents is 1. The number of fused-ring (bicyclic) bond motifs is 1. The topological polar surface area (TPSA) is 81.1 Å². The van der Waals surface area contributed by atoms with E-state index in [-0.39, 0.29) is 11.7 Å². The van der Waals surface area contributed by atoms with Gasteiger partial charge in [-0.05, 0) is 36.4 Å². The molecule has 0 aliphatic carbocycles. The van der Waals surface area contributed by atoms with Gasteiger partial charge in [0.25, 0.3) is 0 Å². The molecule has 0 unspecified atom stereocenters. The van der Waals surface area contributed by atoms with Crippen molar-refractivity contribution in [3.63, 3.8) is 0 Å². The summed E-state index contributed by atoms with van der Waals surface area (Å²) >= 11 is 6.09. The van der Waals surface area contributed by atoms with E-state index in [0.29, 0.717) is 23.6 Å². The first-order chi connectivity index (χ1) is 15.1. The summed E-state index contributed by atoms with van der Waals surface area (Å²) in [6, 6.07) is 14.7. The highest BCUT2D eigenvalue weighted by Crippen LogP contribution is 2.28. The Kier molecular flexibility index (Phi) is 6.64. The fourth-order valence-corrected chi connectivity index (χ4v) is 3.85. The van der Waals surface area contributed by atoms with Crippen molar-refractivity contribution in [2.45, 2.75) is 6.42 Å². The first-order valence-electron chi connectivity index (χ1n) is 10.2. The second kappa shape index (κ2) is 9.76. The van der Waals surface area contributed by atoms with E-state index in [0.717, 1.165) is 42.8 Å². The lowest BCUT2D eigenvalue weighted by Gasteiger charge is -2.36. The number of pyridine rings is 1. The third-order valence-electron chi connectivity index (χ3n) is 5.38. The number of hydrogen-bond acceptors (Lipinski definition) is 6. The molecule has 0 spiro atoms. The normalized spacial score (nSPS) is 14.9. The summed E-state index contributed by atoms with van der Waals surface area (Å²) < 4.78 is 0. The molecule has 3 aromatic rings. The molecular weight excluding hydrogens is 414 g/mol. The zero-order valence-corrected chi connectivity index (χ0v) is 17.8. The van der Waals surface area contributed by atoms with E-state index in [1.807, 2.05) is 30.5 Å². The number of carbonyl (C=O) groups is 1. The van der Waals surface area contributed by atoms with Crippen molar-refractivity contribution >= 4 is 40.3 Å². The van der Waals surface area contributed by atoms with Crippen LogP contribution in [0.2, 0.25) is 5.02 Å².